The highest BCUT2D eigenvalue weighted by molar-refractivity contribution is 7.47. The maximum atomic E-state index is 12.8. The number of hydrogen-bond acceptors (Lipinski definition) is 12. The zero-order valence-electron chi connectivity index (χ0n) is 44.9. The van der Waals surface area contributed by atoms with Crippen LogP contribution in [0.15, 0.2) is 12.2 Å². The average molecular weight is 1030 g/mol. The molecule has 416 valence electrons. The summed E-state index contributed by atoms with van der Waals surface area (Å²) in [5.74, 6) is -0.924. The summed E-state index contributed by atoms with van der Waals surface area (Å²) >= 11 is 0. The first-order chi connectivity index (χ1) is 34.6. The number of nitrogens with one attached hydrogen (secondary N) is 2. The summed E-state index contributed by atoms with van der Waals surface area (Å²) in [5, 5.41) is 5.07. The smallest absolute Gasteiger partial charge is 0.462 e. The summed E-state index contributed by atoms with van der Waals surface area (Å²) in [7, 11) is -4.64. The van der Waals surface area contributed by atoms with Crippen LogP contribution in [0.2, 0.25) is 0 Å². The van der Waals surface area contributed by atoms with E-state index < -0.39 is 44.7 Å². The van der Waals surface area contributed by atoms with Gasteiger partial charge in [-0.3, -0.25) is 18.6 Å². The van der Waals surface area contributed by atoms with Crippen molar-refractivity contribution >= 4 is 31.9 Å². The van der Waals surface area contributed by atoms with Gasteiger partial charge in [0.25, 0.3) is 0 Å². The van der Waals surface area contributed by atoms with Crippen molar-refractivity contribution in [3.8, 4) is 0 Å². The maximum absolute atomic E-state index is 12.8. The number of esters is 2. The Hall–Kier alpha value is -2.71. The second-order valence-corrected chi connectivity index (χ2v) is 20.9. The van der Waals surface area contributed by atoms with E-state index >= 15 is 0 Å². The number of carbonyl (C=O) groups is 4. The molecule has 3 N–H and O–H groups in total. The molecule has 0 radical (unpaired) electrons. The van der Waals surface area contributed by atoms with Gasteiger partial charge in [0, 0.05) is 25.9 Å². The van der Waals surface area contributed by atoms with Crippen LogP contribution in [0.3, 0.4) is 0 Å². The molecule has 0 aromatic rings. The SMILES string of the molecule is CCCCCCCCCCCCCCCCCC(=O)OC[C@H](COP(=O)(O)OCCNC(=O)OCCOCCNC(=O)OC1CC/C=C/CCC1)OC(=O)CCCCCCCCCCCCCCCCC. The van der Waals surface area contributed by atoms with Crippen molar-refractivity contribution in [3.05, 3.63) is 12.2 Å². The van der Waals surface area contributed by atoms with Gasteiger partial charge < -0.3 is 39.2 Å². The number of hydrogen-bond donors (Lipinski definition) is 3. The number of allylic oxidation sites excluding steroid dienone is 2. The van der Waals surface area contributed by atoms with Gasteiger partial charge in [-0.15, -0.1) is 0 Å². The third kappa shape index (κ3) is 46.8. The van der Waals surface area contributed by atoms with Gasteiger partial charge in [-0.2, -0.15) is 0 Å². The summed E-state index contributed by atoms with van der Waals surface area (Å²) in [6.07, 6.45) is 43.3. The van der Waals surface area contributed by atoms with Gasteiger partial charge in [0.15, 0.2) is 6.10 Å². The molecule has 0 fully saturated rings. The minimum absolute atomic E-state index is 0.0576. The summed E-state index contributed by atoms with van der Waals surface area (Å²) in [6, 6.07) is 0. The number of phosphoric ester groups is 1. The first-order valence-electron chi connectivity index (χ1n) is 28.7. The van der Waals surface area contributed by atoms with Crippen LogP contribution in [0.1, 0.15) is 251 Å². The van der Waals surface area contributed by atoms with Gasteiger partial charge in [-0.05, 0) is 44.9 Å². The van der Waals surface area contributed by atoms with Crippen LogP contribution >= 0.6 is 7.82 Å². The number of alkyl carbamates (subject to hydrolysis) is 2. The Labute approximate surface area is 431 Å². The first kappa shape index (κ1) is 66.3. The van der Waals surface area contributed by atoms with Gasteiger partial charge in [-0.25, -0.2) is 14.2 Å². The summed E-state index contributed by atoms with van der Waals surface area (Å²) in [4.78, 5) is 60.0. The predicted octanol–water partition coefficient (Wildman–Crippen LogP) is 14.5. The van der Waals surface area contributed by atoms with Crippen LogP contribution in [0.5, 0.6) is 0 Å². The third-order valence-electron chi connectivity index (χ3n) is 12.7. The van der Waals surface area contributed by atoms with E-state index in [4.69, 9.17) is 32.7 Å². The monoisotopic (exact) mass is 1030 g/mol. The van der Waals surface area contributed by atoms with E-state index in [1.807, 2.05) is 0 Å². The Bertz CT molecular complexity index is 1360. The predicted molar refractivity (Wildman–Crippen MR) is 282 cm³/mol. The van der Waals surface area contributed by atoms with Crippen molar-refractivity contribution < 1.29 is 61.4 Å². The van der Waals surface area contributed by atoms with E-state index in [1.165, 1.54) is 141 Å². The van der Waals surface area contributed by atoms with Crippen molar-refractivity contribution in [2.45, 2.75) is 264 Å². The highest BCUT2D eigenvalue weighted by atomic mass is 31.2. The number of ether oxygens (including phenoxy) is 5. The van der Waals surface area contributed by atoms with Crippen LogP contribution in [0.25, 0.3) is 0 Å². The molecule has 0 spiro atoms. The Morgan fingerprint density at radius 3 is 1.52 bits per heavy atom. The highest BCUT2D eigenvalue weighted by Gasteiger charge is 2.26. The lowest BCUT2D eigenvalue weighted by molar-refractivity contribution is -0.161. The molecule has 0 aromatic heterocycles. The number of phosphoric acid groups is 1. The standard InChI is InChI=1S/C55H103N2O13P/c1-3-5-7-9-11-13-15-17-19-21-23-25-27-32-36-40-52(58)66-48-51(69-53(59)41-37-33-28-26-24-22-20-18-16-14-12-10-8-6-4-2)49-68-71(62,63)67-45-43-56-54(60)65-47-46-64-44-42-57-55(61)70-50-38-34-30-29-31-35-39-50/h29-30,50-51H,3-28,31-49H2,1-2H3,(H,56,60)(H,57,61)(H,62,63)/b30-29+/t50?,51-/m1/s1. The van der Waals surface area contributed by atoms with E-state index in [0.29, 0.717) is 12.8 Å². The van der Waals surface area contributed by atoms with Gasteiger partial charge in [-0.1, -0.05) is 206 Å². The second-order valence-electron chi connectivity index (χ2n) is 19.4. The lowest BCUT2D eigenvalue weighted by Crippen LogP contribution is -2.32. The minimum atomic E-state index is -4.64. The minimum Gasteiger partial charge on any atom is -0.462 e. The Morgan fingerprint density at radius 2 is 0.986 bits per heavy atom. The molecule has 0 aromatic carbocycles. The molecule has 2 amide bonds. The molecule has 1 aliphatic carbocycles. The van der Waals surface area contributed by atoms with E-state index in [2.05, 4.69) is 36.6 Å². The molecule has 1 rings (SSSR count). The zero-order chi connectivity index (χ0) is 51.6. The molecule has 0 bridgehead atoms. The summed E-state index contributed by atoms with van der Waals surface area (Å²) < 4.78 is 49.8. The molecule has 0 saturated heterocycles. The Kier molecular flexibility index (Phi) is 46.2. The van der Waals surface area contributed by atoms with Crippen molar-refractivity contribution in [2.75, 3.05) is 52.7 Å². The van der Waals surface area contributed by atoms with Crippen LogP contribution in [0, 0.1) is 0 Å². The van der Waals surface area contributed by atoms with Crippen LogP contribution in [-0.2, 0) is 46.9 Å². The largest absolute Gasteiger partial charge is 0.472 e. The van der Waals surface area contributed by atoms with Crippen LogP contribution < -0.4 is 10.6 Å². The van der Waals surface area contributed by atoms with E-state index in [1.54, 1.807) is 0 Å². The third-order valence-corrected chi connectivity index (χ3v) is 13.7. The second kappa shape index (κ2) is 49.5. The number of amides is 2. The zero-order valence-corrected chi connectivity index (χ0v) is 45.8. The van der Waals surface area contributed by atoms with E-state index in [9.17, 15) is 28.6 Å². The first-order valence-corrected chi connectivity index (χ1v) is 30.2. The Morgan fingerprint density at radius 1 is 0.521 bits per heavy atom. The molecule has 71 heavy (non-hydrogen) atoms. The summed E-state index contributed by atoms with van der Waals surface area (Å²) in [5.41, 5.74) is 0. The number of unbranched alkanes of at least 4 members (excludes halogenated alkanes) is 28. The van der Waals surface area contributed by atoms with Gasteiger partial charge in [0.2, 0.25) is 0 Å². The van der Waals surface area contributed by atoms with Crippen molar-refractivity contribution in [2.24, 2.45) is 0 Å². The van der Waals surface area contributed by atoms with Crippen LogP contribution in [0.4, 0.5) is 9.59 Å². The van der Waals surface area contributed by atoms with Crippen LogP contribution in [-0.4, -0.2) is 94.0 Å². The molecule has 3 atom stereocenters. The molecule has 0 saturated carbocycles. The fourth-order valence-corrected chi connectivity index (χ4v) is 9.19. The molecule has 16 heteroatoms. The lowest BCUT2D eigenvalue weighted by Gasteiger charge is -2.20. The number of carbonyl (C=O) groups excluding carboxylic acids is 4. The van der Waals surface area contributed by atoms with Crippen molar-refractivity contribution in [1.82, 2.24) is 10.6 Å². The van der Waals surface area contributed by atoms with Gasteiger partial charge in [0.1, 0.15) is 19.3 Å². The molecule has 0 heterocycles. The van der Waals surface area contributed by atoms with E-state index in [-0.39, 0.29) is 65.1 Å². The maximum Gasteiger partial charge on any atom is 0.472 e. The normalized spacial score (nSPS) is 15.5. The molecular weight excluding hydrogens is 928 g/mol. The quantitative estimate of drug-likeness (QED) is 0.0171. The van der Waals surface area contributed by atoms with Crippen molar-refractivity contribution in [3.63, 3.8) is 0 Å². The van der Waals surface area contributed by atoms with Gasteiger partial charge >= 0.3 is 31.9 Å². The molecule has 0 aliphatic heterocycles. The molecular formula is C55H103N2O13P. The topological polar surface area (TPSA) is 194 Å². The molecule has 15 nitrogen and oxygen atoms in total. The van der Waals surface area contributed by atoms with Gasteiger partial charge in [0.05, 0.1) is 26.4 Å². The van der Waals surface area contributed by atoms with Crippen molar-refractivity contribution in [1.29, 1.82) is 0 Å². The fourth-order valence-electron chi connectivity index (χ4n) is 8.44. The molecule has 2 unspecified atom stereocenters. The summed E-state index contributed by atoms with van der Waals surface area (Å²) in [6.45, 7) is 3.59. The fraction of sp³-hybridized carbons (Fsp3) is 0.891. The van der Waals surface area contributed by atoms with E-state index in [0.717, 1.165) is 70.6 Å². The average Bonchev–Trinajstić information content (AvgIpc) is 3.34. The highest BCUT2D eigenvalue weighted by Crippen LogP contribution is 2.43. The molecule has 1 aliphatic rings. The number of rotatable bonds is 49. The lowest BCUT2D eigenvalue weighted by atomic mass is 10.0. The Balaban J connectivity index is 2.34.